The molecule has 60 valence electrons. The summed E-state index contributed by atoms with van der Waals surface area (Å²) in [4.78, 5) is 10.7. The quantitative estimate of drug-likeness (QED) is 0.486. The lowest BCUT2D eigenvalue weighted by Crippen LogP contribution is -2.12. The fraction of sp³-hybridized carbons (Fsp3) is 0.444. The lowest BCUT2D eigenvalue weighted by atomic mass is 10.3. The predicted octanol–water partition coefficient (Wildman–Crippen LogP) is 1.40. The van der Waals surface area contributed by atoms with Gasteiger partial charge in [0.1, 0.15) is 0 Å². The lowest BCUT2D eigenvalue weighted by molar-refractivity contribution is -0.114. The van der Waals surface area contributed by atoms with Gasteiger partial charge in [0.2, 0.25) is 0 Å². The Balaban J connectivity index is 2.21. The van der Waals surface area contributed by atoms with Crippen molar-refractivity contribution in [1.29, 1.82) is 0 Å². The van der Waals surface area contributed by atoms with Crippen molar-refractivity contribution in [1.82, 2.24) is 5.32 Å². The van der Waals surface area contributed by atoms with Gasteiger partial charge in [-0.2, -0.15) is 0 Å². The van der Waals surface area contributed by atoms with E-state index >= 15 is 0 Å². The average Bonchev–Trinajstić information content (AvgIpc) is 2.37. The van der Waals surface area contributed by atoms with Gasteiger partial charge in [0.15, 0.2) is 5.78 Å². The van der Waals surface area contributed by atoms with E-state index in [4.69, 9.17) is 0 Å². The molecule has 11 heavy (non-hydrogen) atoms. The van der Waals surface area contributed by atoms with Gasteiger partial charge in [-0.3, -0.25) is 4.79 Å². The monoisotopic (exact) mass is 151 g/mol. The van der Waals surface area contributed by atoms with E-state index in [0.29, 0.717) is 6.42 Å². The molecule has 0 aromatic heterocycles. The van der Waals surface area contributed by atoms with Gasteiger partial charge in [-0.1, -0.05) is 6.08 Å². The molecular weight excluding hydrogens is 138 g/mol. The fourth-order valence-electron chi connectivity index (χ4n) is 1.07. The van der Waals surface area contributed by atoms with Crippen molar-refractivity contribution in [2.24, 2.45) is 0 Å². The van der Waals surface area contributed by atoms with Crippen LogP contribution < -0.4 is 5.32 Å². The number of ketones is 1. The lowest BCUT2D eigenvalue weighted by Gasteiger charge is -2.02. The molecule has 0 aromatic rings. The van der Waals surface area contributed by atoms with Crippen molar-refractivity contribution in [3.05, 3.63) is 24.4 Å². The first-order valence-corrected chi connectivity index (χ1v) is 3.91. The van der Waals surface area contributed by atoms with Gasteiger partial charge in [0, 0.05) is 24.7 Å². The maximum atomic E-state index is 10.7. The first kappa shape index (κ1) is 8.05. The first-order valence-electron chi connectivity index (χ1n) is 3.91. The third-order valence-electron chi connectivity index (χ3n) is 1.68. The highest BCUT2D eigenvalue weighted by Gasteiger charge is 2.09. The zero-order valence-corrected chi connectivity index (χ0v) is 6.60. The summed E-state index contributed by atoms with van der Waals surface area (Å²) in [6.45, 7) is 4.50. The van der Waals surface area contributed by atoms with Crippen LogP contribution in [0.5, 0.6) is 0 Å². The zero-order valence-electron chi connectivity index (χ0n) is 6.60. The summed E-state index contributed by atoms with van der Waals surface area (Å²) in [5.41, 5.74) is 1.08. The first-order chi connectivity index (χ1) is 5.33. The number of carbonyl (C=O) groups excluding carboxylic acids is 1. The number of rotatable bonds is 4. The standard InChI is InChI=1S/C9H13NO/c1-2-3-6-10-8-4-5-9(11)7-8/h2,7,10H,1,3-6H2. The van der Waals surface area contributed by atoms with Crippen LogP contribution in [0.2, 0.25) is 0 Å². The van der Waals surface area contributed by atoms with Gasteiger partial charge in [-0.25, -0.2) is 0 Å². The van der Waals surface area contributed by atoms with E-state index < -0.39 is 0 Å². The Morgan fingerprint density at radius 1 is 1.64 bits per heavy atom. The van der Waals surface area contributed by atoms with Crippen LogP contribution in [0.4, 0.5) is 0 Å². The van der Waals surface area contributed by atoms with Crippen LogP contribution >= 0.6 is 0 Å². The maximum absolute atomic E-state index is 10.7. The molecule has 0 fully saturated rings. The van der Waals surface area contributed by atoms with E-state index in [0.717, 1.165) is 25.1 Å². The Morgan fingerprint density at radius 2 is 2.45 bits per heavy atom. The highest BCUT2D eigenvalue weighted by Crippen LogP contribution is 2.11. The molecule has 0 aliphatic heterocycles. The number of hydrogen-bond donors (Lipinski definition) is 1. The number of nitrogens with one attached hydrogen (secondary N) is 1. The molecule has 2 nitrogen and oxygen atoms in total. The van der Waals surface area contributed by atoms with E-state index in [1.807, 2.05) is 6.08 Å². The molecule has 0 unspecified atom stereocenters. The van der Waals surface area contributed by atoms with Gasteiger partial charge in [-0.05, 0) is 12.8 Å². The number of allylic oxidation sites excluding steroid dienone is 2. The summed E-state index contributed by atoms with van der Waals surface area (Å²) in [5, 5.41) is 3.18. The smallest absolute Gasteiger partial charge is 0.157 e. The summed E-state index contributed by atoms with van der Waals surface area (Å²) in [5.74, 6) is 0.242. The highest BCUT2D eigenvalue weighted by atomic mass is 16.1. The van der Waals surface area contributed by atoms with Crippen LogP contribution in [0, 0.1) is 0 Å². The zero-order chi connectivity index (χ0) is 8.10. The van der Waals surface area contributed by atoms with Gasteiger partial charge in [0.05, 0.1) is 0 Å². The second-order valence-electron chi connectivity index (χ2n) is 2.64. The molecule has 1 rings (SSSR count). The molecular formula is C9H13NO. The summed E-state index contributed by atoms with van der Waals surface area (Å²) in [6, 6.07) is 0. The molecule has 0 heterocycles. The molecule has 2 heteroatoms. The number of carbonyl (C=O) groups is 1. The van der Waals surface area contributed by atoms with Crippen LogP contribution in [-0.4, -0.2) is 12.3 Å². The third kappa shape index (κ3) is 2.58. The molecule has 1 N–H and O–H groups in total. The largest absolute Gasteiger partial charge is 0.388 e. The van der Waals surface area contributed by atoms with Crippen molar-refractivity contribution in [2.45, 2.75) is 19.3 Å². The van der Waals surface area contributed by atoms with Crippen molar-refractivity contribution in [3.8, 4) is 0 Å². The molecule has 0 saturated carbocycles. The van der Waals surface area contributed by atoms with E-state index in [-0.39, 0.29) is 5.78 Å². The number of hydrogen-bond acceptors (Lipinski definition) is 2. The molecule has 0 bridgehead atoms. The van der Waals surface area contributed by atoms with Gasteiger partial charge in [0.25, 0.3) is 0 Å². The highest BCUT2D eigenvalue weighted by molar-refractivity contribution is 5.92. The normalized spacial score (nSPS) is 16.4. The Bertz CT molecular complexity index is 194. The summed E-state index contributed by atoms with van der Waals surface area (Å²) in [6.07, 6.45) is 6.07. The van der Waals surface area contributed by atoms with Crippen LogP contribution in [-0.2, 0) is 4.79 Å². The Morgan fingerprint density at radius 3 is 3.00 bits per heavy atom. The molecule has 0 atom stereocenters. The Labute approximate surface area is 67.0 Å². The van der Waals surface area contributed by atoms with Gasteiger partial charge in [-0.15, -0.1) is 6.58 Å². The minimum atomic E-state index is 0.242. The minimum absolute atomic E-state index is 0.242. The molecule has 0 radical (unpaired) electrons. The van der Waals surface area contributed by atoms with Crippen molar-refractivity contribution >= 4 is 5.78 Å². The van der Waals surface area contributed by atoms with Crippen LogP contribution in [0.1, 0.15) is 19.3 Å². The van der Waals surface area contributed by atoms with Crippen molar-refractivity contribution in [2.75, 3.05) is 6.54 Å². The fourth-order valence-corrected chi connectivity index (χ4v) is 1.07. The molecule has 0 amide bonds. The predicted molar refractivity (Wildman–Crippen MR) is 45.1 cm³/mol. The topological polar surface area (TPSA) is 29.1 Å². The Hall–Kier alpha value is -1.05. The van der Waals surface area contributed by atoms with E-state index in [1.54, 1.807) is 6.08 Å². The average molecular weight is 151 g/mol. The van der Waals surface area contributed by atoms with Gasteiger partial charge < -0.3 is 5.32 Å². The maximum Gasteiger partial charge on any atom is 0.157 e. The van der Waals surface area contributed by atoms with Gasteiger partial charge >= 0.3 is 0 Å². The van der Waals surface area contributed by atoms with Crippen molar-refractivity contribution < 1.29 is 4.79 Å². The molecule has 1 aliphatic carbocycles. The third-order valence-corrected chi connectivity index (χ3v) is 1.68. The van der Waals surface area contributed by atoms with Crippen LogP contribution in [0.15, 0.2) is 24.4 Å². The van der Waals surface area contributed by atoms with Crippen LogP contribution in [0.3, 0.4) is 0 Å². The van der Waals surface area contributed by atoms with E-state index in [9.17, 15) is 4.79 Å². The summed E-state index contributed by atoms with van der Waals surface area (Å²) in [7, 11) is 0. The second-order valence-corrected chi connectivity index (χ2v) is 2.64. The Kier molecular flexibility index (Phi) is 2.90. The van der Waals surface area contributed by atoms with Crippen molar-refractivity contribution in [3.63, 3.8) is 0 Å². The molecule has 0 saturated heterocycles. The second kappa shape index (κ2) is 3.96. The molecule has 0 aromatic carbocycles. The van der Waals surface area contributed by atoms with Crippen LogP contribution in [0.25, 0.3) is 0 Å². The van der Waals surface area contributed by atoms with E-state index in [2.05, 4.69) is 11.9 Å². The minimum Gasteiger partial charge on any atom is -0.388 e. The summed E-state index contributed by atoms with van der Waals surface area (Å²) < 4.78 is 0. The molecule has 0 spiro atoms. The SMILES string of the molecule is C=CCCNC1=CC(=O)CC1. The molecule has 1 aliphatic rings. The van der Waals surface area contributed by atoms with E-state index in [1.165, 1.54) is 0 Å². The summed E-state index contributed by atoms with van der Waals surface area (Å²) >= 11 is 0.